The number of hydrogen-bond donors (Lipinski definition) is 0. The number of ether oxygens (including phenoxy) is 2. The van der Waals surface area contributed by atoms with Gasteiger partial charge in [0, 0.05) is 0 Å². The zero-order valence-electron chi connectivity index (χ0n) is 11.2. The molecule has 0 aliphatic heterocycles. The van der Waals surface area contributed by atoms with Crippen molar-refractivity contribution in [2.75, 3.05) is 6.61 Å². The van der Waals surface area contributed by atoms with Gasteiger partial charge in [-0.1, -0.05) is 6.42 Å². The van der Waals surface area contributed by atoms with Gasteiger partial charge in [-0.2, -0.15) is 0 Å². The van der Waals surface area contributed by atoms with Gasteiger partial charge in [-0.3, -0.25) is 0 Å². The average molecular weight is 327 g/mol. The van der Waals surface area contributed by atoms with Crippen LogP contribution in [0.2, 0.25) is 0 Å². The Morgan fingerprint density at radius 2 is 2.05 bits per heavy atom. The number of carbonyl (C=O) groups excluding carboxylic acids is 1. The summed E-state index contributed by atoms with van der Waals surface area (Å²) in [5.74, 6) is 0.507. The van der Waals surface area contributed by atoms with Gasteiger partial charge in [0.25, 0.3) is 0 Å². The first-order valence-corrected chi connectivity index (χ1v) is 7.63. The van der Waals surface area contributed by atoms with Gasteiger partial charge in [0.05, 0.1) is 16.6 Å². The van der Waals surface area contributed by atoms with Crippen LogP contribution in [0.3, 0.4) is 0 Å². The predicted octanol–water partition coefficient (Wildman–Crippen LogP) is 4.34. The van der Waals surface area contributed by atoms with Crippen molar-refractivity contribution in [3.63, 3.8) is 0 Å². The quantitative estimate of drug-likeness (QED) is 0.772. The van der Waals surface area contributed by atoms with Crippen molar-refractivity contribution >= 4 is 21.9 Å². The maximum atomic E-state index is 12.1. The molecule has 0 radical (unpaired) electrons. The van der Waals surface area contributed by atoms with E-state index in [1.165, 1.54) is 6.42 Å². The molecule has 0 spiro atoms. The molecule has 19 heavy (non-hydrogen) atoms. The molecule has 0 saturated heterocycles. The van der Waals surface area contributed by atoms with Crippen molar-refractivity contribution < 1.29 is 14.3 Å². The number of carbonyl (C=O) groups is 1. The Kier molecular flexibility index (Phi) is 5.25. The molecule has 1 saturated carbocycles. The monoisotopic (exact) mass is 326 g/mol. The van der Waals surface area contributed by atoms with Gasteiger partial charge < -0.3 is 9.47 Å². The van der Waals surface area contributed by atoms with E-state index >= 15 is 0 Å². The molecule has 2 rings (SSSR count). The molecule has 104 valence electrons. The zero-order chi connectivity index (χ0) is 13.7. The van der Waals surface area contributed by atoms with Crippen molar-refractivity contribution in [1.82, 2.24) is 0 Å². The van der Waals surface area contributed by atoms with Crippen LogP contribution < -0.4 is 4.74 Å². The number of benzene rings is 1. The number of halogens is 1. The van der Waals surface area contributed by atoms with Crippen LogP contribution in [0.15, 0.2) is 22.7 Å². The SMILES string of the molecule is CCOc1ccc(C(=O)OC2CCCCC2)cc1Br. The maximum absolute atomic E-state index is 12.1. The maximum Gasteiger partial charge on any atom is 0.338 e. The number of hydrogen-bond acceptors (Lipinski definition) is 3. The summed E-state index contributed by atoms with van der Waals surface area (Å²) in [6.45, 7) is 2.53. The van der Waals surface area contributed by atoms with Crippen LogP contribution in [-0.4, -0.2) is 18.7 Å². The summed E-state index contributed by atoms with van der Waals surface area (Å²) in [5, 5.41) is 0. The number of rotatable bonds is 4. The standard InChI is InChI=1S/C15H19BrO3/c1-2-18-14-9-8-11(10-13(14)16)15(17)19-12-6-4-3-5-7-12/h8-10,12H,2-7H2,1H3. The number of esters is 1. The summed E-state index contributed by atoms with van der Waals surface area (Å²) in [6.07, 6.45) is 5.64. The van der Waals surface area contributed by atoms with Crippen molar-refractivity contribution in [3.8, 4) is 5.75 Å². The lowest BCUT2D eigenvalue weighted by Gasteiger charge is -2.21. The summed E-state index contributed by atoms with van der Waals surface area (Å²) in [5.41, 5.74) is 0.570. The predicted molar refractivity (Wildman–Crippen MR) is 77.6 cm³/mol. The largest absolute Gasteiger partial charge is 0.493 e. The molecule has 0 N–H and O–H groups in total. The Hall–Kier alpha value is -1.03. The Morgan fingerprint density at radius 1 is 1.32 bits per heavy atom. The van der Waals surface area contributed by atoms with Gasteiger partial charge in [-0.05, 0) is 66.7 Å². The summed E-state index contributed by atoms with van der Waals surface area (Å²) < 4.78 is 11.7. The lowest BCUT2D eigenvalue weighted by atomic mass is 9.98. The molecule has 1 fully saturated rings. The molecule has 1 aliphatic carbocycles. The fourth-order valence-electron chi connectivity index (χ4n) is 2.30. The van der Waals surface area contributed by atoms with Gasteiger partial charge in [0.1, 0.15) is 11.9 Å². The van der Waals surface area contributed by atoms with Gasteiger partial charge in [-0.25, -0.2) is 4.79 Å². The first kappa shape index (κ1) is 14.4. The Labute approximate surface area is 122 Å². The van der Waals surface area contributed by atoms with E-state index in [4.69, 9.17) is 9.47 Å². The second-order valence-corrected chi connectivity index (χ2v) is 5.60. The van der Waals surface area contributed by atoms with Crippen molar-refractivity contribution in [1.29, 1.82) is 0 Å². The minimum absolute atomic E-state index is 0.0894. The van der Waals surface area contributed by atoms with Crippen LogP contribution in [0.1, 0.15) is 49.4 Å². The Balaban J connectivity index is 2.00. The van der Waals surface area contributed by atoms with Crippen LogP contribution in [-0.2, 0) is 4.74 Å². The second-order valence-electron chi connectivity index (χ2n) is 4.74. The average Bonchev–Trinajstić information content (AvgIpc) is 2.42. The highest BCUT2D eigenvalue weighted by Crippen LogP contribution is 2.27. The van der Waals surface area contributed by atoms with Crippen LogP contribution >= 0.6 is 15.9 Å². The lowest BCUT2D eigenvalue weighted by Crippen LogP contribution is -2.20. The fourth-order valence-corrected chi connectivity index (χ4v) is 2.80. The third-order valence-electron chi connectivity index (χ3n) is 3.29. The minimum Gasteiger partial charge on any atom is -0.493 e. The van der Waals surface area contributed by atoms with Crippen molar-refractivity contribution in [3.05, 3.63) is 28.2 Å². The molecule has 1 aromatic rings. The molecule has 0 amide bonds. The molecule has 0 bridgehead atoms. The van der Waals surface area contributed by atoms with Gasteiger partial charge in [0.2, 0.25) is 0 Å². The molecular weight excluding hydrogens is 308 g/mol. The van der Waals surface area contributed by atoms with Gasteiger partial charge in [0.15, 0.2) is 0 Å². The zero-order valence-corrected chi connectivity index (χ0v) is 12.7. The molecule has 0 heterocycles. The molecule has 3 nitrogen and oxygen atoms in total. The van der Waals surface area contributed by atoms with E-state index in [9.17, 15) is 4.79 Å². The molecule has 4 heteroatoms. The Bertz CT molecular complexity index is 439. The summed E-state index contributed by atoms with van der Waals surface area (Å²) in [6, 6.07) is 5.31. The molecular formula is C15H19BrO3. The highest BCUT2D eigenvalue weighted by molar-refractivity contribution is 9.10. The van der Waals surface area contributed by atoms with Gasteiger partial charge in [-0.15, -0.1) is 0 Å². The molecule has 1 aliphatic rings. The van der Waals surface area contributed by atoms with Crippen LogP contribution in [0, 0.1) is 0 Å². The van der Waals surface area contributed by atoms with E-state index in [0.717, 1.165) is 35.9 Å². The highest BCUT2D eigenvalue weighted by atomic mass is 79.9. The van der Waals surface area contributed by atoms with E-state index in [2.05, 4.69) is 15.9 Å². The van der Waals surface area contributed by atoms with E-state index < -0.39 is 0 Å². The summed E-state index contributed by atoms with van der Waals surface area (Å²) >= 11 is 3.41. The third kappa shape index (κ3) is 3.96. The highest BCUT2D eigenvalue weighted by Gasteiger charge is 2.19. The summed E-state index contributed by atoms with van der Waals surface area (Å²) in [4.78, 5) is 12.1. The van der Waals surface area contributed by atoms with Crippen molar-refractivity contribution in [2.45, 2.75) is 45.1 Å². The minimum atomic E-state index is -0.240. The van der Waals surface area contributed by atoms with Gasteiger partial charge >= 0.3 is 5.97 Å². The van der Waals surface area contributed by atoms with E-state index in [1.54, 1.807) is 18.2 Å². The van der Waals surface area contributed by atoms with Crippen LogP contribution in [0.4, 0.5) is 0 Å². The van der Waals surface area contributed by atoms with Crippen molar-refractivity contribution in [2.24, 2.45) is 0 Å². The first-order valence-electron chi connectivity index (χ1n) is 6.84. The van der Waals surface area contributed by atoms with Crippen LogP contribution in [0.5, 0.6) is 5.75 Å². The molecule has 1 aromatic carbocycles. The fraction of sp³-hybridized carbons (Fsp3) is 0.533. The topological polar surface area (TPSA) is 35.5 Å². The van der Waals surface area contributed by atoms with E-state index in [1.807, 2.05) is 6.92 Å². The first-order chi connectivity index (χ1) is 9.20. The lowest BCUT2D eigenvalue weighted by molar-refractivity contribution is 0.0211. The van der Waals surface area contributed by atoms with Crippen LogP contribution in [0.25, 0.3) is 0 Å². The second kappa shape index (κ2) is 6.94. The smallest absolute Gasteiger partial charge is 0.338 e. The third-order valence-corrected chi connectivity index (χ3v) is 3.91. The molecule has 0 aromatic heterocycles. The molecule has 0 unspecified atom stereocenters. The summed E-state index contributed by atoms with van der Waals surface area (Å²) in [7, 11) is 0. The Morgan fingerprint density at radius 3 is 2.68 bits per heavy atom. The van der Waals surface area contributed by atoms with E-state index in [0.29, 0.717) is 12.2 Å². The molecule has 0 atom stereocenters. The normalized spacial score (nSPS) is 16.1. The van der Waals surface area contributed by atoms with E-state index in [-0.39, 0.29) is 12.1 Å².